The Balaban J connectivity index is 1.59. The first kappa shape index (κ1) is 24.3. The Hall–Kier alpha value is -2.85. The zero-order chi connectivity index (χ0) is 24.4. The van der Waals surface area contributed by atoms with Crippen molar-refractivity contribution >= 4 is 69.6 Å². The SMILES string of the molecule is O=C1SC(=Cc2ccc(Sc3ccc(Cl)cc3)c([N+](=O)[O-])c2)C(=O)N1Cc1c(F)cccc1Cl. The topological polar surface area (TPSA) is 80.5 Å². The Morgan fingerprint density at radius 3 is 2.50 bits per heavy atom. The molecule has 0 atom stereocenters. The Morgan fingerprint density at radius 2 is 1.82 bits per heavy atom. The van der Waals surface area contributed by atoms with Crippen LogP contribution in [0.15, 0.2) is 75.4 Å². The van der Waals surface area contributed by atoms with Crippen LogP contribution >= 0.6 is 46.7 Å². The van der Waals surface area contributed by atoms with Crippen molar-refractivity contribution in [1.82, 2.24) is 4.90 Å². The van der Waals surface area contributed by atoms with Crippen LogP contribution in [0.1, 0.15) is 11.1 Å². The second-order valence-electron chi connectivity index (χ2n) is 7.01. The van der Waals surface area contributed by atoms with Gasteiger partial charge in [0.15, 0.2) is 0 Å². The molecule has 1 fully saturated rings. The number of benzene rings is 3. The Labute approximate surface area is 211 Å². The van der Waals surface area contributed by atoms with E-state index in [1.165, 1.54) is 42.1 Å². The summed E-state index contributed by atoms with van der Waals surface area (Å²) in [5.74, 6) is -1.25. The highest BCUT2D eigenvalue weighted by Crippen LogP contribution is 2.38. The number of nitro benzene ring substituents is 1. The maximum absolute atomic E-state index is 14.1. The molecule has 0 N–H and O–H groups in total. The van der Waals surface area contributed by atoms with Gasteiger partial charge in [-0.15, -0.1) is 0 Å². The lowest BCUT2D eigenvalue weighted by atomic mass is 10.1. The van der Waals surface area contributed by atoms with E-state index in [2.05, 4.69) is 0 Å². The Kier molecular flexibility index (Phi) is 7.27. The number of halogens is 3. The summed E-state index contributed by atoms with van der Waals surface area (Å²) in [6.45, 7) is -0.315. The van der Waals surface area contributed by atoms with Gasteiger partial charge in [0.05, 0.1) is 21.3 Å². The highest BCUT2D eigenvalue weighted by Gasteiger charge is 2.36. The molecule has 1 heterocycles. The van der Waals surface area contributed by atoms with Crippen molar-refractivity contribution in [2.45, 2.75) is 16.3 Å². The van der Waals surface area contributed by atoms with Gasteiger partial charge < -0.3 is 0 Å². The standard InChI is InChI=1S/C23H13Cl2FN2O4S2/c24-14-5-7-15(8-6-14)33-20-9-4-13(10-19(20)28(31)32)11-21-22(29)27(23(30)34-21)12-16-17(25)2-1-3-18(16)26/h1-11H,12H2. The molecule has 4 rings (SSSR count). The van der Waals surface area contributed by atoms with Crippen LogP contribution in [0.3, 0.4) is 0 Å². The molecule has 0 bridgehead atoms. The molecule has 2 amide bonds. The van der Waals surface area contributed by atoms with Gasteiger partial charge in [-0.05, 0) is 65.9 Å². The molecule has 1 aliphatic heterocycles. The van der Waals surface area contributed by atoms with E-state index in [0.717, 1.165) is 9.80 Å². The number of nitrogens with zero attached hydrogens (tertiary/aromatic N) is 2. The van der Waals surface area contributed by atoms with Crippen LogP contribution in [0.4, 0.5) is 14.9 Å². The third kappa shape index (κ3) is 5.28. The normalized spacial score (nSPS) is 14.8. The zero-order valence-corrected chi connectivity index (χ0v) is 20.2. The van der Waals surface area contributed by atoms with E-state index in [-0.39, 0.29) is 27.7 Å². The molecule has 0 saturated carbocycles. The summed E-state index contributed by atoms with van der Waals surface area (Å²) >= 11 is 13.8. The van der Waals surface area contributed by atoms with Crippen LogP contribution in [0, 0.1) is 15.9 Å². The summed E-state index contributed by atoms with van der Waals surface area (Å²) in [5.41, 5.74) is 0.263. The molecule has 0 aliphatic carbocycles. The fourth-order valence-electron chi connectivity index (χ4n) is 3.11. The van der Waals surface area contributed by atoms with Crippen LogP contribution in [-0.2, 0) is 11.3 Å². The molecule has 11 heteroatoms. The highest BCUT2D eigenvalue weighted by atomic mass is 35.5. The number of rotatable bonds is 6. The van der Waals surface area contributed by atoms with Crippen LogP contribution in [0.5, 0.6) is 0 Å². The summed E-state index contributed by atoms with van der Waals surface area (Å²) in [4.78, 5) is 38.5. The van der Waals surface area contributed by atoms with E-state index in [9.17, 15) is 24.1 Å². The molecule has 1 saturated heterocycles. The predicted octanol–water partition coefficient (Wildman–Crippen LogP) is 7.43. The molecule has 0 unspecified atom stereocenters. The van der Waals surface area contributed by atoms with Crippen molar-refractivity contribution in [1.29, 1.82) is 0 Å². The molecule has 0 aromatic heterocycles. The average Bonchev–Trinajstić information content (AvgIpc) is 3.05. The summed E-state index contributed by atoms with van der Waals surface area (Å²) < 4.78 is 14.1. The number of imide groups is 1. The second-order valence-corrected chi connectivity index (χ2v) is 9.96. The van der Waals surface area contributed by atoms with Gasteiger partial charge in [0.1, 0.15) is 5.82 Å². The van der Waals surface area contributed by atoms with Crippen LogP contribution < -0.4 is 0 Å². The fraction of sp³-hybridized carbons (Fsp3) is 0.0435. The lowest BCUT2D eigenvalue weighted by Gasteiger charge is -2.14. The number of carbonyl (C=O) groups is 2. The maximum Gasteiger partial charge on any atom is 0.293 e. The molecular formula is C23H13Cl2FN2O4S2. The van der Waals surface area contributed by atoms with E-state index in [1.54, 1.807) is 36.4 Å². The molecule has 6 nitrogen and oxygen atoms in total. The summed E-state index contributed by atoms with van der Waals surface area (Å²) in [7, 11) is 0. The number of carbonyl (C=O) groups excluding carboxylic acids is 2. The van der Waals surface area contributed by atoms with Gasteiger partial charge in [-0.1, -0.05) is 47.1 Å². The highest BCUT2D eigenvalue weighted by molar-refractivity contribution is 8.18. The molecule has 172 valence electrons. The van der Waals surface area contributed by atoms with E-state index in [1.807, 2.05) is 0 Å². The quantitative estimate of drug-likeness (QED) is 0.186. The van der Waals surface area contributed by atoms with Crippen LogP contribution in [0.2, 0.25) is 10.0 Å². The molecule has 1 aliphatic rings. The predicted molar refractivity (Wildman–Crippen MR) is 132 cm³/mol. The maximum atomic E-state index is 14.1. The van der Waals surface area contributed by atoms with Gasteiger partial charge in [0.2, 0.25) is 0 Å². The Morgan fingerprint density at radius 1 is 1.09 bits per heavy atom. The van der Waals surface area contributed by atoms with E-state index < -0.39 is 21.9 Å². The van der Waals surface area contributed by atoms with Gasteiger partial charge in [-0.3, -0.25) is 24.6 Å². The van der Waals surface area contributed by atoms with Gasteiger partial charge in [-0.2, -0.15) is 0 Å². The molecular weight excluding hydrogens is 522 g/mol. The average molecular weight is 535 g/mol. The first-order chi connectivity index (χ1) is 16.2. The lowest BCUT2D eigenvalue weighted by Crippen LogP contribution is -2.28. The van der Waals surface area contributed by atoms with E-state index >= 15 is 0 Å². The van der Waals surface area contributed by atoms with Crippen LogP contribution in [0.25, 0.3) is 6.08 Å². The van der Waals surface area contributed by atoms with Crippen LogP contribution in [-0.4, -0.2) is 21.0 Å². The van der Waals surface area contributed by atoms with E-state index in [0.29, 0.717) is 27.2 Å². The molecule has 34 heavy (non-hydrogen) atoms. The van der Waals surface area contributed by atoms with Crippen molar-refractivity contribution in [2.24, 2.45) is 0 Å². The summed E-state index contributed by atoms with van der Waals surface area (Å²) in [6.07, 6.45) is 1.40. The Bertz CT molecular complexity index is 1330. The number of nitro groups is 1. The molecule has 3 aromatic rings. The molecule has 0 radical (unpaired) electrons. The van der Waals surface area contributed by atoms with Gasteiger partial charge in [-0.25, -0.2) is 4.39 Å². The lowest BCUT2D eigenvalue weighted by molar-refractivity contribution is -0.387. The summed E-state index contributed by atoms with van der Waals surface area (Å²) in [5, 5.41) is 11.7. The first-order valence-corrected chi connectivity index (χ1v) is 12.0. The van der Waals surface area contributed by atoms with Crippen molar-refractivity contribution in [2.75, 3.05) is 0 Å². The third-order valence-electron chi connectivity index (χ3n) is 4.77. The van der Waals surface area contributed by atoms with Crippen molar-refractivity contribution in [3.8, 4) is 0 Å². The largest absolute Gasteiger partial charge is 0.293 e. The molecule has 3 aromatic carbocycles. The summed E-state index contributed by atoms with van der Waals surface area (Å²) in [6, 6.07) is 15.5. The third-order valence-corrected chi connectivity index (χ3v) is 7.36. The van der Waals surface area contributed by atoms with Crippen molar-refractivity contribution in [3.05, 3.63) is 103 Å². The minimum Gasteiger partial charge on any atom is -0.268 e. The van der Waals surface area contributed by atoms with Gasteiger partial charge in [0.25, 0.3) is 16.8 Å². The molecule has 0 spiro atoms. The minimum absolute atomic E-state index is 0.0342. The van der Waals surface area contributed by atoms with Crippen molar-refractivity contribution in [3.63, 3.8) is 0 Å². The van der Waals surface area contributed by atoms with E-state index in [4.69, 9.17) is 23.2 Å². The first-order valence-electron chi connectivity index (χ1n) is 9.63. The van der Waals surface area contributed by atoms with Gasteiger partial charge in [0, 0.05) is 26.6 Å². The van der Waals surface area contributed by atoms with Gasteiger partial charge >= 0.3 is 0 Å². The monoisotopic (exact) mass is 534 g/mol. The second kappa shape index (κ2) is 10.2. The number of hydrogen-bond acceptors (Lipinski definition) is 6. The minimum atomic E-state index is -0.628. The van der Waals surface area contributed by atoms with Crippen molar-refractivity contribution < 1.29 is 18.9 Å². The fourth-order valence-corrected chi connectivity index (χ4v) is 5.20. The number of amides is 2. The smallest absolute Gasteiger partial charge is 0.268 e. The zero-order valence-electron chi connectivity index (χ0n) is 17.0. The number of thioether (sulfide) groups is 1. The number of hydrogen-bond donors (Lipinski definition) is 0.